The minimum Gasteiger partial charge on any atom is -0.317 e. The third-order valence-corrected chi connectivity index (χ3v) is 7.21. The minimum atomic E-state index is -0.209. The molecule has 0 atom stereocenters. The van der Waals surface area contributed by atoms with Crippen LogP contribution in [0.15, 0.2) is 109 Å². The zero-order chi connectivity index (χ0) is 25.1. The van der Waals surface area contributed by atoms with Crippen molar-refractivity contribution in [3.05, 3.63) is 126 Å². The number of benzene rings is 4. The molecule has 0 aliphatic rings. The molecule has 1 N–H and O–H groups in total. The van der Waals surface area contributed by atoms with E-state index in [4.69, 9.17) is 0 Å². The maximum Gasteiger partial charge on any atom is 0.221 e. The molecule has 1 amide bonds. The first kappa shape index (κ1) is 23.5. The van der Waals surface area contributed by atoms with Crippen LogP contribution in [0.4, 0.5) is 5.00 Å². The Hall–Kier alpha value is -4.28. The van der Waals surface area contributed by atoms with Gasteiger partial charge in [-0.25, -0.2) is 0 Å². The van der Waals surface area contributed by atoms with Gasteiger partial charge in [0, 0.05) is 22.9 Å². The van der Waals surface area contributed by atoms with Gasteiger partial charge in [-0.3, -0.25) is 9.59 Å². The van der Waals surface area contributed by atoms with Gasteiger partial charge < -0.3 is 5.32 Å². The maximum atomic E-state index is 14.1. The second-order valence-electron chi connectivity index (χ2n) is 8.70. The Labute approximate surface area is 215 Å². The molecule has 0 saturated heterocycles. The zero-order valence-corrected chi connectivity index (χ0v) is 20.9. The zero-order valence-electron chi connectivity index (χ0n) is 20.1. The first-order chi connectivity index (χ1) is 17.5. The van der Waals surface area contributed by atoms with Gasteiger partial charge in [0.25, 0.3) is 0 Å². The topological polar surface area (TPSA) is 46.2 Å². The minimum absolute atomic E-state index is 0.118. The van der Waals surface area contributed by atoms with Crippen LogP contribution < -0.4 is 5.32 Å². The van der Waals surface area contributed by atoms with Gasteiger partial charge in [0.2, 0.25) is 5.91 Å². The van der Waals surface area contributed by atoms with Gasteiger partial charge in [-0.15, -0.1) is 11.3 Å². The highest BCUT2D eigenvalue weighted by Crippen LogP contribution is 2.47. The van der Waals surface area contributed by atoms with E-state index in [1.807, 2.05) is 116 Å². The predicted octanol–water partition coefficient (Wildman–Crippen LogP) is 8.25. The van der Waals surface area contributed by atoms with Crippen LogP contribution in [-0.4, -0.2) is 11.7 Å². The fraction of sp³-hybridized carbons (Fsp3) is 0.0625. The van der Waals surface area contributed by atoms with Crippen molar-refractivity contribution in [1.82, 2.24) is 0 Å². The van der Waals surface area contributed by atoms with Crippen LogP contribution in [0.5, 0.6) is 0 Å². The van der Waals surface area contributed by atoms with Crippen LogP contribution in [-0.2, 0) is 4.79 Å². The summed E-state index contributed by atoms with van der Waals surface area (Å²) >= 11 is 1.44. The summed E-state index contributed by atoms with van der Waals surface area (Å²) in [6.45, 7) is 3.51. The van der Waals surface area contributed by atoms with E-state index in [1.165, 1.54) is 18.3 Å². The summed E-state index contributed by atoms with van der Waals surface area (Å²) in [4.78, 5) is 27.2. The Bertz CT molecular complexity index is 1520. The van der Waals surface area contributed by atoms with Crippen molar-refractivity contribution in [1.29, 1.82) is 0 Å². The fourth-order valence-electron chi connectivity index (χ4n) is 4.27. The number of hydrogen-bond donors (Lipinski definition) is 1. The van der Waals surface area contributed by atoms with Crippen molar-refractivity contribution in [2.45, 2.75) is 13.8 Å². The number of thiophene rings is 1. The van der Waals surface area contributed by atoms with Crippen molar-refractivity contribution in [2.75, 3.05) is 5.32 Å². The molecule has 176 valence electrons. The van der Waals surface area contributed by atoms with E-state index < -0.39 is 0 Å². The van der Waals surface area contributed by atoms with Gasteiger partial charge in [-0.05, 0) is 29.2 Å². The fourth-order valence-corrected chi connectivity index (χ4v) is 5.54. The van der Waals surface area contributed by atoms with E-state index >= 15 is 0 Å². The van der Waals surface area contributed by atoms with Gasteiger partial charge >= 0.3 is 0 Å². The van der Waals surface area contributed by atoms with Crippen molar-refractivity contribution in [3.63, 3.8) is 0 Å². The molecule has 36 heavy (non-hydrogen) atoms. The van der Waals surface area contributed by atoms with Crippen LogP contribution in [0, 0.1) is 6.92 Å². The van der Waals surface area contributed by atoms with Gasteiger partial charge in [0.1, 0.15) is 5.00 Å². The monoisotopic (exact) mass is 487 g/mol. The standard InChI is InChI=1S/C32H25NO2S/c1-21-13-15-25(16-14-21)28-29(32(33-22(2)34)36-31(28)27-11-7-4-8-12-27)30(35)26-19-17-24(18-20-26)23-9-5-3-6-10-23/h3-20H,1-2H3,(H,33,34). The largest absolute Gasteiger partial charge is 0.317 e. The summed E-state index contributed by atoms with van der Waals surface area (Å²) in [6.07, 6.45) is 0. The van der Waals surface area contributed by atoms with Gasteiger partial charge in [0.05, 0.1) is 5.56 Å². The number of ketones is 1. The van der Waals surface area contributed by atoms with Crippen LogP contribution in [0.25, 0.3) is 32.7 Å². The number of carbonyl (C=O) groups excluding carboxylic acids is 2. The number of aryl methyl sites for hydroxylation is 1. The highest BCUT2D eigenvalue weighted by Gasteiger charge is 2.27. The van der Waals surface area contributed by atoms with Crippen LogP contribution in [0.3, 0.4) is 0 Å². The van der Waals surface area contributed by atoms with E-state index in [0.29, 0.717) is 16.1 Å². The Balaban J connectivity index is 1.68. The van der Waals surface area contributed by atoms with Gasteiger partial charge in [-0.1, -0.05) is 115 Å². The lowest BCUT2D eigenvalue weighted by Gasteiger charge is -2.11. The van der Waals surface area contributed by atoms with Crippen molar-refractivity contribution < 1.29 is 9.59 Å². The van der Waals surface area contributed by atoms with Crippen molar-refractivity contribution in [2.24, 2.45) is 0 Å². The molecule has 1 heterocycles. The van der Waals surface area contributed by atoms with E-state index in [2.05, 4.69) is 5.32 Å². The molecule has 4 aromatic carbocycles. The summed E-state index contributed by atoms with van der Waals surface area (Å²) in [5.41, 5.74) is 7.16. The molecule has 0 aliphatic heterocycles. The first-order valence-corrected chi connectivity index (χ1v) is 12.6. The van der Waals surface area contributed by atoms with Gasteiger partial charge in [-0.2, -0.15) is 0 Å². The van der Waals surface area contributed by atoms with E-state index in [-0.39, 0.29) is 11.7 Å². The SMILES string of the molecule is CC(=O)Nc1sc(-c2ccccc2)c(-c2ccc(C)cc2)c1C(=O)c1ccc(-c2ccccc2)cc1. The molecule has 1 aromatic heterocycles. The van der Waals surface area contributed by atoms with Gasteiger partial charge in [0.15, 0.2) is 5.78 Å². The molecule has 4 heteroatoms. The number of amides is 1. The predicted molar refractivity (Wildman–Crippen MR) is 150 cm³/mol. The highest BCUT2D eigenvalue weighted by atomic mass is 32.1. The smallest absolute Gasteiger partial charge is 0.221 e. The Morgan fingerprint density at radius 1 is 0.639 bits per heavy atom. The average Bonchev–Trinajstić information content (AvgIpc) is 3.28. The Kier molecular flexibility index (Phi) is 6.61. The average molecular weight is 488 g/mol. The third-order valence-electron chi connectivity index (χ3n) is 6.06. The van der Waals surface area contributed by atoms with E-state index in [0.717, 1.165) is 38.3 Å². The number of rotatable bonds is 6. The number of carbonyl (C=O) groups is 2. The third kappa shape index (κ3) is 4.77. The second-order valence-corrected chi connectivity index (χ2v) is 9.72. The van der Waals surface area contributed by atoms with Crippen LogP contribution >= 0.6 is 11.3 Å². The van der Waals surface area contributed by atoms with Crippen molar-refractivity contribution >= 4 is 28.0 Å². The maximum absolute atomic E-state index is 14.1. The molecule has 5 rings (SSSR count). The molecular weight excluding hydrogens is 462 g/mol. The number of nitrogens with one attached hydrogen (secondary N) is 1. The molecule has 0 unspecified atom stereocenters. The summed E-state index contributed by atoms with van der Waals surface area (Å²) in [6, 6.07) is 35.9. The van der Waals surface area contributed by atoms with Crippen LogP contribution in [0.2, 0.25) is 0 Å². The van der Waals surface area contributed by atoms with E-state index in [9.17, 15) is 9.59 Å². The lowest BCUT2D eigenvalue weighted by Crippen LogP contribution is -2.10. The molecule has 3 nitrogen and oxygen atoms in total. The van der Waals surface area contributed by atoms with Crippen molar-refractivity contribution in [3.8, 4) is 32.7 Å². The first-order valence-electron chi connectivity index (χ1n) is 11.8. The molecule has 0 bridgehead atoms. The highest BCUT2D eigenvalue weighted by molar-refractivity contribution is 7.20. The Morgan fingerprint density at radius 2 is 1.17 bits per heavy atom. The molecule has 0 spiro atoms. The normalized spacial score (nSPS) is 10.7. The summed E-state index contributed by atoms with van der Waals surface area (Å²) < 4.78 is 0. The lowest BCUT2D eigenvalue weighted by molar-refractivity contribution is -0.114. The van der Waals surface area contributed by atoms with E-state index in [1.54, 1.807) is 0 Å². The van der Waals surface area contributed by atoms with Crippen LogP contribution in [0.1, 0.15) is 28.4 Å². The summed E-state index contributed by atoms with van der Waals surface area (Å²) in [7, 11) is 0. The lowest BCUT2D eigenvalue weighted by atomic mass is 9.92. The molecule has 0 radical (unpaired) electrons. The molecule has 0 fully saturated rings. The quantitative estimate of drug-likeness (QED) is 0.245. The molecule has 0 saturated carbocycles. The summed E-state index contributed by atoms with van der Waals surface area (Å²) in [5, 5.41) is 3.50. The number of hydrogen-bond acceptors (Lipinski definition) is 3. The molecule has 5 aromatic rings. The second kappa shape index (κ2) is 10.1. The number of anilines is 1. The Morgan fingerprint density at radius 3 is 1.75 bits per heavy atom. The summed E-state index contributed by atoms with van der Waals surface area (Å²) in [5.74, 6) is -0.327. The molecular formula is C32H25NO2S. The molecule has 0 aliphatic carbocycles.